The third-order valence-corrected chi connectivity index (χ3v) is 3.22. The van der Waals surface area contributed by atoms with Gasteiger partial charge in [-0.15, -0.1) is 0 Å². The van der Waals surface area contributed by atoms with E-state index in [0.29, 0.717) is 11.4 Å². The molecule has 0 bridgehead atoms. The zero-order valence-electron chi connectivity index (χ0n) is 11.3. The first-order valence-corrected chi connectivity index (χ1v) is 6.11. The Kier molecular flexibility index (Phi) is 3.34. The number of hydrogen-bond donors (Lipinski definition) is 1. The van der Waals surface area contributed by atoms with Crippen LogP contribution in [-0.4, -0.2) is 15.8 Å². The SMILES string of the molecule is Cc1ccc(C(C)(C)C(=O)c2ccc(N)cn2)cn1. The monoisotopic (exact) mass is 255 g/mol. The molecule has 0 saturated carbocycles. The molecule has 0 atom stereocenters. The summed E-state index contributed by atoms with van der Waals surface area (Å²) in [6.45, 7) is 5.67. The van der Waals surface area contributed by atoms with Crippen LogP contribution in [0.2, 0.25) is 0 Å². The van der Waals surface area contributed by atoms with Gasteiger partial charge in [-0.05, 0) is 44.5 Å². The first-order valence-electron chi connectivity index (χ1n) is 6.11. The number of nitrogens with zero attached hydrogens (tertiary/aromatic N) is 2. The average Bonchev–Trinajstić information content (AvgIpc) is 2.39. The lowest BCUT2D eigenvalue weighted by Gasteiger charge is -2.23. The molecule has 2 rings (SSSR count). The quantitative estimate of drug-likeness (QED) is 0.856. The number of nitrogens with two attached hydrogens (primary N) is 1. The van der Waals surface area contributed by atoms with Gasteiger partial charge in [-0.1, -0.05) is 6.07 Å². The molecule has 0 saturated heterocycles. The van der Waals surface area contributed by atoms with E-state index >= 15 is 0 Å². The summed E-state index contributed by atoms with van der Waals surface area (Å²) in [5, 5.41) is 0. The van der Waals surface area contributed by atoms with Gasteiger partial charge in [-0.2, -0.15) is 0 Å². The highest BCUT2D eigenvalue weighted by Crippen LogP contribution is 2.26. The van der Waals surface area contributed by atoms with Gasteiger partial charge in [0, 0.05) is 11.9 Å². The summed E-state index contributed by atoms with van der Waals surface area (Å²) in [5.41, 5.74) is 7.69. The first-order chi connectivity index (χ1) is 8.91. The molecule has 0 unspecified atom stereocenters. The van der Waals surface area contributed by atoms with E-state index in [9.17, 15) is 4.79 Å². The molecule has 2 N–H and O–H groups in total. The number of aromatic nitrogens is 2. The Bertz CT molecular complexity index is 586. The summed E-state index contributed by atoms with van der Waals surface area (Å²) in [7, 11) is 0. The Morgan fingerprint density at radius 1 is 1.11 bits per heavy atom. The molecule has 4 nitrogen and oxygen atoms in total. The molecule has 0 aliphatic rings. The molecular weight excluding hydrogens is 238 g/mol. The number of aryl methyl sites for hydroxylation is 1. The summed E-state index contributed by atoms with van der Waals surface area (Å²) >= 11 is 0. The van der Waals surface area contributed by atoms with Crippen molar-refractivity contribution < 1.29 is 4.79 Å². The maximum Gasteiger partial charge on any atom is 0.191 e. The van der Waals surface area contributed by atoms with Crippen LogP contribution in [0.25, 0.3) is 0 Å². The number of carbonyl (C=O) groups is 1. The second kappa shape index (κ2) is 4.80. The lowest BCUT2D eigenvalue weighted by atomic mass is 9.80. The Morgan fingerprint density at radius 3 is 2.37 bits per heavy atom. The fraction of sp³-hybridized carbons (Fsp3) is 0.267. The van der Waals surface area contributed by atoms with Crippen molar-refractivity contribution in [3.8, 4) is 0 Å². The Labute approximate surface area is 112 Å². The number of carbonyl (C=O) groups excluding carboxylic acids is 1. The normalized spacial score (nSPS) is 11.3. The molecule has 0 aromatic carbocycles. The molecule has 2 heterocycles. The lowest BCUT2D eigenvalue weighted by molar-refractivity contribution is 0.0903. The number of pyridine rings is 2. The Morgan fingerprint density at radius 2 is 1.84 bits per heavy atom. The lowest BCUT2D eigenvalue weighted by Crippen LogP contribution is -2.30. The zero-order chi connectivity index (χ0) is 14.0. The first kappa shape index (κ1) is 13.2. The highest BCUT2D eigenvalue weighted by atomic mass is 16.1. The van der Waals surface area contributed by atoms with Gasteiger partial charge in [-0.25, -0.2) is 0 Å². The molecular formula is C15H17N3O. The predicted octanol–water partition coefficient (Wildman–Crippen LogP) is 2.53. The molecule has 0 spiro atoms. The molecule has 4 heteroatoms. The van der Waals surface area contributed by atoms with Gasteiger partial charge in [0.2, 0.25) is 0 Å². The van der Waals surface area contributed by atoms with Gasteiger partial charge in [0.15, 0.2) is 5.78 Å². The number of ketones is 1. The smallest absolute Gasteiger partial charge is 0.191 e. The number of hydrogen-bond acceptors (Lipinski definition) is 4. The molecule has 98 valence electrons. The Balaban J connectivity index is 2.35. The number of anilines is 1. The van der Waals surface area contributed by atoms with Crippen molar-refractivity contribution in [2.75, 3.05) is 5.73 Å². The topological polar surface area (TPSA) is 68.9 Å². The minimum atomic E-state index is -0.663. The molecule has 19 heavy (non-hydrogen) atoms. The highest BCUT2D eigenvalue weighted by molar-refractivity contribution is 6.02. The molecule has 2 aromatic rings. The number of nitrogen functional groups attached to an aromatic ring is 1. The van der Waals surface area contributed by atoms with Crippen LogP contribution in [0.4, 0.5) is 5.69 Å². The van der Waals surface area contributed by atoms with Crippen molar-refractivity contribution >= 4 is 11.5 Å². The van der Waals surface area contributed by atoms with Crippen molar-refractivity contribution in [2.45, 2.75) is 26.2 Å². The van der Waals surface area contributed by atoms with Crippen LogP contribution < -0.4 is 5.73 Å². The standard InChI is InChI=1S/C15H17N3O/c1-10-4-5-11(8-17-10)15(2,3)14(19)13-7-6-12(16)9-18-13/h4-9H,16H2,1-3H3. The zero-order valence-corrected chi connectivity index (χ0v) is 11.3. The summed E-state index contributed by atoms with van der Waals surface area (Å²) in [6, 6.07) is 7.17. The average molecular weight is 255 g/mol. The van der Waals surface area contributed by atoms with E-state index < -0.39 is 5.41 Å². The van der Waals surface area contributed by atoms with Gasteiger partial charge < -0.3 is 5.73 Å². The van der Waals surface area contributed by atoms with E-state index in [4.69, 9.17) is 5.73 Å². The van der Waals surface area contributed by atoms with Crippen LogP contribution in [0, 0.1) is 6.92 Å². The molecule has 2 aromatic heterocycles. The summed E-state index contributed by atoms with van der Waals surface area (Å²) < 4.78 is 0. The molecule has 0 radical (unpaired) electrons. The van der Waals surface area contributed by atoms with E-state index in [-0.39, 0.29) is 5.78 Å². The van der Waals surface area contributed by atoms with E-state index in [0.717, 1.165) is 11.3 Å². The van der Waals surface area contributed by atoms with Crippen molar-refractivity contribution in [3.63, 3.8) is 0 Å². The number of rotatable bonds is 3. The van der Waals surface area contributed by atoms with Crippen LogP contribution in [0.1, 0.15) is 35.6 Å². The van der Waals surface area contributed by atoms with Crippen LogP contribution in [0.15, 0.2) is 36.7 Å². The van der Waals surface area contributed by atoms with E-state index in [1.165, 1.54) is 6.20 Å². The molecule has 0 fully saturated rings. The van der Waals surface area contributed by atoms with Crippen LogP contribution in [0.5, 0.6) is 0 Å². The van der Waals surface area contributed by atoms with Crippen molar-refractivity contribution in [2.24, 2.45) is 0 Å². The van der Waals surface area contributed by atoms with Crippen molar-refractivity contribution in [1.29, 1.82) is 0 Å². The second-order valence-corrected chi connectivity index (χ2v) is 5.12. The fourth-order valence-electron chi connectivity index (χ4n) is 1.83. The summed E-state index contributed by atoms with van der Waals surface area (Å²) in [4.78, 5) is 20.9. The highest BCUT2D eigenvalue weighted by Gasteiger charge is 2.31. The Hall–Kier alpha value is -2.23. The van der Waals surface area contributed by atoms with E-state index in [1.807, 2.05) is 32.9 Å². The maximum absolute atomic E-state index is 12.5. The van der Waals surface area contributed by atoms with Crippen LogP contribution in [-0.2, 0) is 5.41 Å². The largest absolute Gasteiger partial charge is 0.397 e. The summed E-state index contributed by atoms with van der Waals surface area (Å²) in [5.74, 6) is -0.0434. The molecule has 0 aliphatic carbocycles. The maximum atomic E-state index is 12.5. The van der Waals surface area contributed by atoms with Gasteiger partial charge in [0.05, 0.1) is 17.3 Å². The molecule has 0 amide bonds. The van der Waals surface area contributed by atoms with E-state index in [2.05, 4.69) is 9.97 Å². The second-order valence-electron chi connectivity index (χ2n) is 5.12. The fourth-order valence-corrected chi connectivity index (χ4v) is 1.83. The third kappa shape index (κ3) is 2.62. The van der Waals surface area contributed by atoms with E-state index in [1.54, 1.807) is 18.3 Å². The van der Waals surface area contributed by atoms with Crippen molar-refractivity contribution in [3.05, 3.63) is 53.6 Å². The van der Waals surface area contributed by atoms with Gasteiger partial charge in [0.1, 0.15) is 5.69 Å². The van der Waals surface area contributed by atoms with Gasteiger partial charge in [0.25, 0.3) is 0 Å². The predicted molar refractivity (Wildman–Crippen MR) is 75.0 cm³/mol. The van der Waals surface area contributed by atoms with Crippen LogP contribution >= 0.6 is 0 Å². The van der Waals surface area contributed by atoms with Gasteiger partial charge >= 0.3 is 0 Å². The minimum absolute atomic E-state index is 0.0434. The van der Waals surface area contributed by atoms with Crippen molar-refractivity contribution in [1.82, 2.24) is 9.97 Å². The minimum Gasteiger partial charge on any atom is -0.397 e. The third-order valence-electron chi connectivity index (χ3n) is 3.22. The van der Waals surface area contributed by atoms with Crippen LogP contribution in [0.3, 0.4) is 0 Å². The summed E-state index contributed by atoms with van der Waals surface area (Å²) in [6.07, 6.45) is 3.24. The molecule has 0 aliphatic heterocycles. The number of Topliss-reactive ketones (excluding diaryl/α,β-unsaturated/α-hetero) is 1. The van der Waals surface area contributed by atoms with Gasteiger partial charge in [-0.3, -0.25) is 14.8 Å².